The van der Waals surface area contributed by atoms with E-state index in [-0.39, 0.29) is 12.3 Å². The number of hydrogen-bond donors (Lipinski definition) is 1. The van der Waals surface area contributed by atoms with Crippen molar-refractivity contribution >= 4 is 23.0 Å². The van der Waals surface area contributed by atoms with Crippen LogP contribution in [0.2, 0.25) is 0 Å². The van der Waals surface area contributed by atoms with Crippen LogP contribution < -0.4 is 5.32 Å². The monoisotopic (exact) mass is 339 g/mol. The summed E-state index contributed by atoms with van der Waals surface area (Å²) in [4.78, 5) is 28.3. The molecule has 0 saturated heterocycles. The second kappa shape index (κ2) is 6.72. The number of rotatable bonds is 4. The number of ether oxygens (including phenoxy) is 1. The first-order valence-corrected chi connectivity index (χ1v) is 7.68. The van der Waals surface area contributed by atoms with Gasteiger partial charge >= 0.3 is 5.97 Å². The number of hydrogen-bond acceptors (Lipinski definition) is 6. The lowest BCUT2D eigenvalue weighted by Crippen LogP contribution is -2.30. The number of aromatic nitrogens is 2. The molecule has 3 rings (SSSR count). The van der Waals surface area contributed by atoms with Crippen LogP contribution in [0.1, 0.15) is 21.6 Å². The van der Waals surface area contributed by atoms with Crippen LogP contribution in [0.25, 0.3) is 22.4 Å². The summed E-state index contributed by atoms with van der Waals surface area (Å²) in [6.45, 7) is 3.51. The highest BCUT2D eigenvalue weighted by Crippen LogP contribution is 2.27. The molecule has 0 bridgehead atoms. The molecule has 7 heteroatoms. The molecule has 0 unspecified atom stereocenters. The van der Waals surface area contributed by atoms with Crippen LogP contribution in [0, 0.1) is 13.8 Å². The summed E-state index contributed by atoms with van der Waals surface area (Å²) in [5.74, 6) is -0.947. The standard InChI is InChI=1S/C18H17N3O4/c1-10-4-6-12(7-5-10)14-8-13(17(23)19-9-15(22)24-3)16-11(2)21-25-18(16)20-14/h4-8H,9H2,1-3H3,(H,19,23). The summed E-state index contributed by atoms with van der Waals surface area (Å²) < 4.78 is 9.78. The topological polar surface area (TPSA) is 94.3 Å². The molecule has 25 heavy (non-hydrogen) atoms. The van der Waals surface area contributed by atoms with Crippen molar-refractivity contribution in [3.63, 3.8) is 0 Å². The Balaban J connectivity index is 2.06. The van der Waals surface area contributed by atoms with Crippen molar-refractivity contribution in [3.05, 3.63) is 47.2 Å². The van der Waals surface area contributed by atoms with Crippen LogP contribution in [-0.2, 0) is 9.53 Å². The van der Waals surface area contributed by atoms with Gasteiger partial charge in [-0.05, 0) is 19.9 Å². The van der Waals surface area contributed by atoms with E-state index in [2.05, 4.69) is 20.2 Å². The fourth-order valence-electron chi connectivity index (χ4n) is 2.47. The van der Waals surface area contributed by atoms with E-state index in [0.29, 0.717) is 22.3 Å². The molecule has 1 aromatic carbocycles. The Labute approximate surface area is 144 Å². The summed E-state index contributed by atoms with van der Waals surface area (Å²) in [6, 6.07) is 9.43. The van der Waals surface area contributed by atoms with Crippen LogP contribution in [0.5, 0.6) is 0 Å². The van der Waals surface area contributed by atoms with Gasteiger partial charge in [0.15, 0.2) is 0 Å². The van der Waals surface area contributed by atoms with Crippen molar-refractivity contribution < 1.29 is 18.8 Å². The van der Waals surface area contributed by atoms with Crippen molar-refractivity contribution in [2.24, 2.45) is 0 Å². The number of pyridine rings is 1. The maximum absolute atomic E-state index is 12.6. The summed E-state index contributed by atoms with van der Waals surface area (Å²) >= 11 is 0. The predicted molar refractivity (Wildman–Crippen MR) is 91.1 cm³/mol. The van der Waals surface area contributed by atoms with Crippen molar-refractivity contribution in [2.75, 3.05) is 13.7 Å². The van der Waals surface area contributed by atoms with E-state index in [4.69, 9.17) is 4.52 Å². The number of aryl methyl sites for hydroxylation is 2. The second-order valence-corrected chi connectivity index (χ2v) is 5.63. The Kier molecular flexibility index (Phi) is 4.47. The van der Waals surface area contributed by atoms with E-state index in [1.807, 2.05) is 31.2 Å². The number of nitrogens with zero attached hydrogens (tertiary/aromatic N) is 2. The Morgan fingerprint density at radius 3 is 2.60 bits per heavy atom. The van der Waals surface area contributed by atoms with E-state index >= 15 is 0 Å². The fraction of sp³-hybridized carbons (Fsp3) is 0.222. The molecule has 0 saturated carbocycles. The molecule has 3 aromatic rings. The van der Waals surface area contributed by atoms with E-state index in [9.17, 15) is 9.59 Å². The molecule has 1 amide bonds. The van der Waals surface area contributed by atoms with E-state index in [1.165, 1.54) is 7.11 Å². The number of nitrogens with one attached hydrogen (secondary N) is 1. The largest absolute Gasteiger partial charge is 0.468 e. The predicted octanol–water partition coefficient (Wildman–Crippen LogP) is 2.41. The zero-order valence-corrected chi connectivity index (χ0v) is 14.1. The fourth-order valence-corrected chi connectivity index (χ4v) is 2.47. The van der Waals surface area contributed by atoms with Gasteiger partial charge in [0.2, 0.25) is 0 Å². The minimum atomic E-state index is -0.528. The maximum Gasteiger partial charge on any atom is 0.325 e. The number of methoxy groups -OCH3 is 1. The zero-order valence-electron chi connectivity index (χ0n) is 14.1. The van der Waals surface area contributed by atoms with Gasteiger partial charge in [-0.1, -0.05) is 35.0 Å². The normalized spacial score (nSPS) is 10.7. The number of benzene rings is 1. The Bertz CT molecular complexity index is 945. The van der Waals surface area contributed by atoms with Crippen molar-refractivity contribution in [3.8, 4) is 11.3 Å². The number of carbonyl (C=O) groups is 2. The van der Waals surface area contributed by atoms with E-state index in [1.54, 1.807) is 13.0 Å². The van der Waals surface area contributed by atoms with Gasteiger partial charge in [-0.2, -0.15) is 0 Å². The summed E-state index contributed by atoms with van der Waals surface area (Å²) in [5.41, 5.74) is 3.75. The lowest BCUT2D eigenvalue weighted by Gasteiger charge is -2.08. The Hall–Kier alpha value is -3.22. The smallest absolute Gasteiger partial charge is 0.325 e. The van der Waals surface area contributed by atoms with Crippen molar-refractivity contribution in [1.82, 2.24) is 15.5 Å². The lowest BCUT2D eigenvalue weighted by molar-refractivity contribution is -0.139. The molecule has 1 N–H and O–H groups in total. The molecule has 0 aliphatic heterocycles. The lowest BCUT2D eigenvalue weighted by atomic mass is 10.0. The van der Waals surface area contributed by atoms with E-state index < -0.39 is 11.9 Å². The molecular weight excluding hydrogens is 322 g/mol. The molecule has 7 nitrogen and oxygen atoms in total. The van der Waals surface area contributed by atoms with E-state index in [0.717, 1.165) is 11.1 Å². The second-order valence-electron chi connectivity index (χ2n) is 5.63. The number of amides is 1. The molecule has 2 heterocycles. The van der Waals surface area contributed by atoms with Gasteiger partial charge in [-0.3, -0.25) is 9.59 Å². The third kappa shape index (κ3) is 3.35. The van der Waals surface area contributed by atoms with Crippen LogP contribution >= 0.6 is 0 Å². The molecular formula is C18H17N3O4. The van der Waals surface area contributed by atoms with Gasteiger partial charge in [-0.15, -0.1) is 0 Å². The van der Waals surface area contributed by atoms with Crippen molar-refractivity contribution in [1.29, 1.82) is 0 Å². The minimum Gasteiger partial charge on any atom is -0.468 e. The minimum absolute atomic E-state index is 0.219. The van der Waals surface area contributed by atoms with Gasteiger partial charge < -0.3 is 14.6 Å². The molecule has 0 atom stereocenters. The van der Waals surface area contributed by atoms with Gasteiger partial charge in [0.25, 0.3) is 11.6 Å². The SMILES string of the molecule is COC(=O)CNC(=O)c1cc(-c2ccc(C)cc2)nc2onc(C)c12. The summed E-state index contributed by atoms with van der Waals surface area (Å²) in [5, 5.41) is 6.95. The van der Waals surface area contributed by atoms with Gasteiger partial charge in [0.1, 0.15) is 6.54 Å². The van der Waals surface area contributed by atoms with Gasteiger partial charge in [0.05, 0.1) is 29.4 Å². The molecule has 0 spiro atoms. The third-order valence-electron chi connectivity index (χ3n) is 3.83. The summed E-state index contributed by atoms with van der Waals surface area (Å²) in [7, 11) is 1.26. The van der Waals surface area contributed by atoms with Crippen LogP contribution in [0.15, 0.2) is 34.9 Å². The molecule has 0 aliphatic carbocycles. The molecule has 2 aromatic heterocycles. The first-order chi connectivity index (χ1) is 12.0. The average molecular weight is 339 g/mol. The highest BCUT2D eigenvalue weighted by atomic mass is 16.5. The molecule has 0 fully saturated rings. The zero-order chi connectivity index (χ0) is 18.0. The van der Waals surface area contributed by atoms with Crippen LogP contribution in [0.3, 0.4) is 0 Å². The Morgan fingerprint density at radius 1 is 1.20 bits per heavy atom. The Morgan fingerprint density at radius 2 is 1.92 bits per heavy atom. The van der Waals surface area contributed by atoms with Gasteiger partial charge in [0, 0.05) is 5.56 Å². The maximum atomic E-state index is 12.6. The average Bonchev–Trinajstić information content (AvgIpc) is 3.00. The highest BCUT2D eigenvalue weighted by molar-refractivity contribution is 6.07. The summed E-state index contributed by atoms with van der Waals surface area (Å²) in [6.07, 6.45) is 0. The van der Waals surface area contributed by atoms with Crippen LogP contribution in [0.4, 0.5) is 0 Å². The molecule has 128 valence electrons. The number of carbonyl (C=O) groups excluding carboxylic acids is 2. The molecule has 0 radical (unpaired) electrons. The third-order valence-corrected chi connectivity index (χ3v) is 3.83. The first kappa shape index (κ1) is 16.6. The van der Waals surface area contributed by atoms with Gasteiger partial charge in [-0.25, -0.2) is 4.98 Å². The quantitative estimate of drug-likeness (QED) is 0.734. The molecule has 0 aliphatic rings. The number of fused-ring (bicyclic) bond motifs is 1. The van der Waals surface area contributed by atoms with Crippen molar-refractivity contribution in [2.45, 2.75) is 13.8 Å². The highest BCUT2D eigenvalue weighted by Gasteiger charge is 2.19. The number of esters is 1. The van der Waals surface area contributed by atoms with Crippen LogP contribution in [-0.4, -0.2) is 35.7 Å². The first-order valence-electron chi connectivity index (χ1n) is 7.68.